The monoisotopic (exact) mass is 263 g/mol. The van der Waals surface area contributed by atoms with Gasteiger partial charge in [-0.15, -0.1) is 0 Å². The number of nitrogens with two attached hydrogens (primary N) is 1. The van der Waals surface area contributed by atoms with Crippen molar-refractivity contribution in [1.29, 1.82) is 0 Å². The first-order valence-corrected chi connectivity index (χ1v) is 5.06. The Morgan fingerprint density at radius 3 is 2.63 bits per heavy atom. The van der Waals surface area contributed by atoms with Gasteiger partial charge in [-0.25, -0.2) is 9.78 Å². The topological polar surface area (TPSA) is 139 Å². The molecule has 1 heterocycles. The lowest BCUT2D eigenvalue weighted by Gasteiger charge is -2.04. The lowest BCUT2D eigenvalue weighted by molar-refractivity contribution is 0.0725. The van der Waals surface area contributed by atoms with Gasteiger partial charge in [-0.05, 0) is 18.2 Å². The molecule has 0 saturated carbocycles. The molecule has 8 heteroatoms. The molecule has 0 radical (unpaired) electrons. The number of benzene rings is 1. The summed E-state index contributed by atoms with van der Waals surface area (Å²) >= 11 is 0. The number of rotatable bonds is 3. The highest BCUT2D eigenvalue weighted by Crippen LogP contribution is 2.25. The molecule has 19 heavy (non-hydrogen) atoms. The second kappa shape index (κ2) is 4.69. The number of aromatic hydroxyl groups is 2. The van der Waals surface area contributed by atoms with E-state index in [9.17, 15) is 14.7 Å². The number of carbonyl (C=O) groups excluding carboxylic acids is 2. The lowest BCUT2D eigenvalue weighted by atomic mass is 10.2. The molecular formula is C11H9N3O5. The average molecular weight is 263 g/mol. The van der Waals surface area contributed by atoms with Gasteiger partial charge in [0, 0.05) is 0 Å². The number of nitrogens with zero attached hydrogens (tertiary/aromatic N) is 1. The van der Waals surface area contributed by atoms with E-state index in [2.05, 4.69) is 9.97 Å². The van der Waals surface area contributed by atoms with E-state index in [0.717, 1.165) is 18.5 Å². The van der Waals surface area contributed by atoms with E-state index >= 15 is 0 Å². The van der Waals surface area contributed by atoms with E-state index in [4.69, 9.17) is 15.6 Å². The number of hydrogen-bond acceptors (Lipinski definition) is 6. The number of imidazole rings is 1. The maximum Gasteiger partial charge on any atom is 0.345 e. The Kier molecular flexibility index (Phi) is 3.06. The zero-order valence-electron chi connectivity index (χ0n) is 9.45. The van der Waals surface area contributed by atoms with Crippen molar-refractivity contribution in [3.63, 3.8) is 0 Å². The quantitative estimate of drug-likeness (QED) is 0.459. The highest BCUT2D eigenvalue weighted by Gasteiger charge is 2.18. The van der Waals surface area contributed by atoms with E-state index in [1.165, 1.54) is 6.07 Å². The molecule has 5 N–H and O–H groups in total. The highest BCUT2D eigenvalue weighted by molar-refractivity contribution is 5.96. The number of phenolic OH excluding ortho intramolecular Hbond substituents is 2. The third kappa shape index (κ3) is 2.46. The van der Waals surface area contributed by atoms with Crippen molar-refractivity contribution in [3.8, 4) is 17.4 Å². The van der Waals surface area contributed by atoms with Gasteiger partial charge in [0.25, 0.3) is 11.8 Å². The summed E-state index contributed by atoms with van der Waals surface area (Å²) in [6, 6.07) is 3.40. The van der Waals surface area contributed by atoms with Gasteiger partial charge in [0.05, 0.1) is 11.9 Å². The van der Waals surface area contributed by atoms with E-state index < -0.39 is 17.6 Å². The number of ether oxygens (including phenoxy) is 1. The first-order valence-electron chi connectivity index (χ1n) is 5.06. The first kappa shape index (κ1) is 12.4. The molecule has 2 aromatic rings. The number of nitrogens with one attached hydrogen (secondary N) is 1. The molecular weight excluding hydrogens is 254 g/mol. The van der Waals surface area contributed by atoms with Gasteiger partial charge in [-0.2, -0.15) is 0 Å². The molecule has 2 rings (SSSR count). The third-order valence-corrected chi connectivity index (χ3v) is 2.25. The predicted octanol–water partition coefficient (Wildman–Crippen LogP) is 0.139. The molecule has 0 atom stereocenters. The van der Waals surface area contributed by atoms with Crippen LogP contribution in [-0.4, -0.2) is 32.1 Å². The molecule has 1 aromatic carbocycles. The summed E-state index contributed by atoms with van der Waals surface area (Å²) < 4.78 is 4.85. The van der Waals surface area contributed by atoms with Crippen molar-refractivity contribution in [2.75, 3.05) is 0 Å². The van der Waals surface area contributed by atoms with Gasteiger partial charge in [-0.1, -0.05) is 0 Å². The number of phenols is 2. The number of esters is 1. The Balaban J connectivity index is 2.23. The van der Waals surface area contributed by atoms with Gasteiger partial charge < -0.3 is 25.7 Å². The molecule has 0 bridgehead atoms. The molecule has 0 saturated heterocycles. The Bertz CT molecular complexity index is 650. The number of H-pyrrole nitrogens is 1. The SMILES string of the molecule is NC(=O)c1[nH]cnc1OC(=O)c1ccc(O)c(O)c1. The van der Waals surface area contributed by atoms with E-state index in [1.54, 1.807) is 0 Å². The Morgan fingerprint density at radius 1 is 1.26 bits per heavy atom. The maximum absolute atomic E-state index is 11.7. The van der Waals surface area contributed by atoms with Crippen LogP contribution in [0.3, 0.4) is 0 Å². The van der Waals surface area contributed by atoms with Crippen LogP contribution in [0.4, 0.5) is 0 Å². The number of hydrogen-bond donors (Lipinski definition) is 4. The first-order chi connectivity index (χ1) is 8.99. The molecule has 0 fully saturated rings. The van der Waals surface area contributed by atoms with Crippen LogP contribution in [0.1, 0.15) is 20.8 Å². The third-order valence-electron chi connectivity index (χ3n) is 2.25. The maximum atomic E-state index is 11.7. The summed E-state index contributed by atoms with van der Waals surface area (Å²) in [5.74, 6) is -2.77. The molecule has 98 valence electrons. The molecule has 1 aromatic heterocycles. The number of carbonyl (C=O) groups is 2. The fraction of sp³-hybridized carbons (Fsp3) is 0. The summed E-state index contributed by atoms with van der Waals surface area (Å²) in [6.45, 7) is 0. The normalized spacial score (nSPS) is 10.1. The molecule has 0 aliphatic carbocycles. The van der Waals surface area contributed by atoms with Crippen LogP contribution in [0.2, 0.25) is 0 Å². The fourth-order valence-electron chi connectivity index (χ4n) is 1.33. The molecule has 0 aliphatic rings. The molecule has 1 amide bonds. The predicted molar refractivity (Wildman–Crippen MR) is 61.8 cm³/mol. The number of aromatic nitrogens is 2. The van der Waals surface area contributed by atoms with Crippen molar-refractivity contribution < 1.29 is 24.5 Å². The van der Waals surface area contributed by atoms with Crippen molar-refractivity contribution in [3.05, 3.63) is 35.8 Å². The zero-order valence-corrected chi connectivity index (χ0v) is 9.45. The van der Waals surface area contributed by atoms with Gasteiger partial charge in [-0.3, -0.25) is 4.79 Å². The Labute approximate surface area is 106 Å². The molecule has 0 unspecified atom stereocenters. The minimum Gasteiger partial charge on any atom is -0.504 e. The molecule has 8 nitrogen and oxygen atoms in total. The average Bonchev–Trinajstić information content (AvgIpc) is 2.80. The van der Waals surface area contributed by atoms with Crippen LogP contribution < -0.4 is 10.5 Å². The second-order valence-corrected chi connectivity index (χ2v) is 3.54. The van der Waals surface area contributed by atoms with Crippen LogP contribution in [0.5, 0.6) is 17.4 Å². The van der Waals surface area contributed by atoms with Crippen molar-refractivity contribution >= 4 is 11.9 Å². The van der Waals surface area contributed by atoms with Crippen LogP contribution in [-0.2, 0) is 0 Å². The second-order valence-electron chi connectivity index (χ2n) is 3.54. The number of primary amides is 1. The van der Waals surface area contributed by atoms with Crippen LogP contribution in [0.25, 0.3) is 0 Å². The van der Waals surface area contributed by atoms with Gasteiger partial charge >= 0.3 is 5.97 Å². The Morgan fingerprint density at radius 2 is 2.00 bits per heavy atom. The number of aromatic amines is 1. The summed E-state index contributed by atoms with van der Waals surface area (Å²) in [7, 11) is 0. The minimum absolute atomic E-state index is 0.0197. The van der Waals surface area contributed by atoms with Crippen LogP contribution in [0.15, 0.2) is 24.5 Å². The van der Waals surface area contributed by atoms with Gasteiger partial charge in [0.15, 0.2) is 17.2 Å². The molecule has 0 spiro atoms. The van der Waals surface area contributed by atoms with Gasteiger partial charge in [0.1, 0.15) is 0 Å². The lowest BCUT2D eigenvalue weighted by Crippen LogP contribution is -2.16. The summed E-state index contributed by atoms with van der Waals surface area (Å²) in [5.41, 5.74) is 4.88. The van der Waals surface area contributed by atoms with Crippen molar-refractivity contribution in [2.24, 2.45) is 5.73 Å². The van der Waals surface area contributed by atoms with Crippen molar-refractivity contribution in [2.45, 2.75) is 0 Å². The zero-order chi connectivity index (χ0) is 14.0. The highest BCUT2D eigenvalue weighted by atomic mass is 16.5. The fourth-order valence-corrected chi connectivity index (χ4v) is 1.33. The summed E-state index contributed by atoms with van der Waals surface area (Å²) in [6.07, 6.45) is 1.15. The summed E-state index contributed by atoms with van der Waals surface area (Å²) in [4.78, 5) is 28.8. The minimum atomic E-state index is -0.857. The number of amides is 1. The van der Waals surface area contributed by atoms with Crippen molar-refractivity contribution in [1.82, 2.24) is 9.97 Å². The Hall–Kier alpha value is -3.03. The smallest absolute Gasteiger partial charge is 0.345 e. The largest absolute Gasteiger partial charge is 0.504 e. The van der Waals surface area contributed by atoms with Crippen LogP contribution >= 0.6 is 0 Å². The van der Waals surface area contributed by atoms with E-state index in [1.807, 2.05) is 0 Å². The molecule has 0 aliphatic heterocycles. The van der Waals surface area contributed by atoms with Gasteiger partial charge in [0.2, 0.25) is 0 Å². The van der Waals surface area contributed by atoms with Crippen LogP contribution in [0, 0.1) is 0 Å². The van der Waals surface area contributed by atoms with E-state index in [-0.39, 0.29) is 22.9 Å². The standard InChI is InChI=1S/C11H9N3O5/c12-9(17)8-10(14-4-13-8)19-11(18)5-1-2-6(15)7(16)3-5/h1-4,15-16H,(H2,12,17)(H,13,14). The van der Waals surface area contributed by atoms with E-state index in [0.29, 0.717) is 0 Å². The summed E-state index contributed by atoms with van der Waals surface area (Å²) in [5, 5.41) is 18.4.